The van der Waals surface area contributed by atoms with Crippen molar-refractivity contribution in [1.29, 1.82) is 0 Å². The van der Waals surface area contributed by atoms with Crippen LogP contribution in [0.1, 0.15) is 62.7 Å². The molecule has 0 spiro atoms. The van der Waals surface area contributed by atoms with Crippen molar-refractivity contribution in [3.63, 3.8) is 0 Å². The van der Waals surface area contributed by atoms with E-state index in [4.69, 9.17) is 9.47 Å². The van der Waals surface area contributed by atoms with E-state index in [1.165, 1.54) is 19.3 Å². The van der Waals surface area contributed by atoms with Gasteiger partial charge in [-0.05, 0) is 24.6 Å². The zero-order valence-electron chi connectivity index (χ0n) is 13.2. The molecule has 1 heterocycles. The third kappa shape index (κ3) is 4.76. The van der Waals surface area contributed by atoms with Gasteiger partial charge in [0.2, 0.25) is 0 Å². The number of rotatable bonds is 7. The highest BCUT2D eigenvalue weighted by molar-refractivity contribution is 5.96. The summed E-state index contributed by atoms with van der Waals surface area (Å²) < 4.78 is 11.4. The van der Waals surface area contributed by atoms with Crippen LogP contribution in [0.4, 0.5) is 0 Å². The lowest BCUT2D eigenvalue weighted by Gasteiger charge is -2.08. The Balaban J connectivity index is 1.90. The first-order valence-corrected chi connectivity index (χ1v) is 8.13. The van der Waals surface area contributed by atoms with Crippen LogP contribution in [0.25, 0.3) is 0 Å². The predicted molar refractivity (Wildman–Crippen MR) is 84.3 cm³/mol. The molecule has 1 aromatic rings. The van der Waals surface area contributed by atoms with Gasteiger partial charge in [-0.3, -0.25) is 4.79 Å². The topological polar surface area (TPSA) is 35.5 Å². The zero-order chi connectivity index (χ0) is 15.1. The number of Topliss-reactive ketones (excluding diaryl/α,β-unsaturated/α-hetero) is 1. The summed E-state index contributed by atoms with van der Waals surface area (Å²) in [6, 6.07) is 5.55. The van der Waals surface area contributed by atoms with Gasteiger partial charge in [0.1, 0.15) is 0 Å². The van der Waals surface area contributed by atoms with Gasteiger partial charge in [0.25, 0.3) is 0 Å². The van der Waals surface area contributed by atoms with Crippen molar-refractivity contribution in [1.82, 2.24) is 0 Å². The molecule has 1 aromatic carbocycles. The maximum atomic E-state index is 12.2. The fourth-order valence-corrected chi connectivity index (χ4v) is 2.46. The molecule has 3 heteroatoms. The van der Waals surface area contributed by atoms with Crippen LogP contribution in [0.2, 0.25) is 0 Å². The normalized spacial score (nSPS) is 17.3. The average molecular weight is 290 g/mol. The van der Waals surface area contributed by atoms with Crippen LogP contribution >= 0.6 is 0 Å². The van der Waals surface area contributed by atoms with Gasteiger partial charge in [-0.1, -0.05) is 39.5 Å². The summed E-state index contributed by atoms with van der Waals surface area (Å²) >= 11 is 0. The minimum atomic E-state index is 0.204. The van der Waals surface area contributed by atoms with Crippen molar-refractivity contribution in [3.8, 4) is 11.5 Å². The fourth-order valence-electron chi connectivity index (χ4n) is 2.46. The summed E-state index contributed by atoms with van der Waals surface area (Å²) in [6.45, 7) is 5.59. The summed E-state index contributed by atoms with van der Waals surface area (Å²) in [5.41, 5.74) is 0.738. The SMILES string of the molecule is CCCCCCCC(=O)c1ccc2c(c1)OCC(C)CO2. The molecule has 3 nitrogen and oxygen atoms in total. The van der Waals surface area contributed by atoms with Gasteiger partial charge in [0, 0.05) is 17.9 Å². The van der Waals surface area contributed by atoms with Crippen molar-refractivity contribution in [3.05, 3.63) is 23.8 Å². The predicted octanol–water partition coefficient (Wildman–Crippen LogP) is 4.64. The lowest BCUT2D eigenvalue weighted by molar-refractivity contribution is 0.0978. The molecule has 0 fully saturated rings. The smallest absolute Gasteiger partial charge is 0.163 e. The summed E-state index contributed by atoms with van der Waals surface area (Å²) in [4.78, 5) is 12.2. The summed E-state index contributed by atoms with van der Waals surface area (Å²) in [5, 5.41) is 0. The average Bonchev–Trinajstić information content (AvgIpc) is 2.68. The molecule has 0 bridgehead atoms. The molecular weight excluding hydrogens is 264 g/mol. The van der Waals surface area contributed by atoms with Crippen molar-refractivity contribution in [2.45, 2.75) is 52.4 Å². The number of unbranched alkanes of at least 4 members (excludes halogenated alkanes) is 4. The Morgan fingerprint density at radius 1 is 1.10 bits per heavy atom. The Morgan fingerprint density at radius 2 is 1.81 bits per heavy atom. The second kappa shape index (κ2) is 8.06. The molecule has 0 radical (unpaired) electrons. The molecule has 1 aliphatic rings. The Morgan fingerprint density at radius 3 is 2.57 bits per heavy atom. The Bertz CT molecular complexity index is 468. The number of fused-ring (bicyclic) bond motifs is 1. The summed E-state index contributed by atoms with van der Waals surface area (Å²) in [5.74, 6) is 2.03. The first-order valence-electron chi connectivity index (χ1n) is 8.13. The van der Waals surface area contributed by atoms with Gasteiger partial charge in [-0.2, -0.15) is 0 Å². The number of carbonyl (C=O) groups is 1. The number of carbonyl (C=O) groups excluding carboxylic acids is 1. The van der Waals surface area contributed by atoms with Crippen LogP contribution in [0.15, 0.2) is 18.2 Å². The van der Waals surface area contributed by atoms with Gasteiger partial charge in [0.05, 0.1) is 13.2 Å². The molecule has 0 saturated heterocycles. The highest BCUT2D eigenvalue weighted by Crippen LogP contribution is 2.31. The maximum Gasteiger partial charge on any atom is 0.163 e. The first kappa shape index (κ1) is 15.9. The molecule has 2 rings (SSSR count). The van der Waals surface area contributed by atoms with Crippen molar-refractivity contribution in [2.24, 2.45) is 5.92 Å². The minimum Gasteiger partial charge on any atom is -0.489 e. The molecule has 0 aromatic heterocycles. The van der Waals surface area contributed by atoms with Crippen LogP contribution in [0, 0.1) is 5.92 Å². The van der Waals surface area contributed by atoms with Gasteiger partial charge >= 0.3 is 0 Å². The second-order valence-electron chi connectivity index (χ2n) is 5.98. The molecular formula is C18H26O3. The number of hydrogen-bond acceptors (Lipinski definition) is 3. The van der Waals surface area contributed by atoms with Gasteiger partial charge in [-0.25, -0.2) is 0 Å². The Labute approximate surface area is 127 Å². The molecule has 1 atom stereocenters. The van der Waals surface area contributed by atoms with Gasteiger partial charge < -0.3 is 9.47 Å². The Hall–Kier alpha value is -1.51. The first-order chi connectivity index (χ1) is 10.2. The zero-order valence-corrected chi connectivity index (χ0v) is 13.2. The molecule has 0 amide bonds. The lowest BCUT2D eigenvalue weighted by Crippen LogP contribution is -2.12. The van der Waals surface area contributed by atoms with E-state index in [-0.39, 0.29) is 5.78 Å². The van der Waals surface area contributed by atoms with E-state index in [2.05, 4.69) is 13.8 Å². The van der Waals surface area contributed by atoms with E-state index in [0.717, 1.165) is 24.2 Å². The van der Waals surface area contributed by atoms with Crippen LogP contribution in [-0.2, 0) is 0 Å². The molecule has 1 unspecified atom stereocenters. The highest BCUT2D eigenvalue weighted by atomic mass is 16.5. The second-order valence-corrected chi connectivity index (χ2v) is 5.98. The van der Waals surface area contributed by atoms with E-state index >= 15 is 0 Å². The standard InChI is InChI=1S/C18H26O3/c1-3-4-5-6-7-8-16(19)15-9-10-17-18(11-15)21-13-14(2)12-20-17/h9-11,14H,3-8,12-13H2,1-2H3. The number of hydrogen-bond donors (Lipinski definition) is 0. The molecule has 0 saturated carbocycles. The van der Waals surface area contributed by atoms with Gasteiger partial charge in [-0.15, -0.1) is 0 Å². The Kier molecular flexibility index (Phi) is 6.09. The third-order valence-electron chi connectivity index (χ3n) is 3.82. The van der Waals surface area contributed by atoms with E-state index in [0.29, 0.717) is 31.3 Å². The lowest BCUT2D eigenvalue weighted by atomic mass is 10.0. The summed E-state index contributed by atoms with van der Waals surface area (Å²) in [7, 11) is 0. The molecule has 21 heavy (non-hydrogen) atoms. The quantitative estimate of drug-likeness (QED) is 0.542. The summed E-state index contributed by atoms with van der Waals surface area (Å²) in [6.07, 6.45) is 6.46. The number of ketones is 1. The van der Waals surface area contributed by atoms with Gasteiger partial charge in [0.15, 0.2) is 17.3 Å². The van der Waals surface area contributed by atoms with Crippen molar-refractivity contribution in [2.75, 3.05) is 13.2 Å². The number of ether oxygens (including phenoxy) is 2. The third-order valence-corrected chi connectivity index (χ3v) is 3.82. The van der Waals surface area contributed by atoms with Crippen LogP contribution in [0.3, 0.4) is 0 Å². The van der Waals surface area contributed by atoms with E-state index in [9.17, 15) is 4.79 Å². The van der Waals surface area contributed by atoms with Crippen LogP contribution in [0.5, 0.6) is 11.5 Å². The molecule has 116 valence electrons. The maximum absolute atomic E-state index is 12.2. The molecule has 1 aliphatic heterocycles. The minimum absolute atomic E-state index is 0.204. The van der Waals surface area contributed by atoms with Crippen LogP contribution in [-0.4, -0.2) is 19.0 Å². The van der Waals surface area contributed by atoms with E-state index in [1.807, 2.05) is 18.2 Å². The fraction of sp³-hybridized carbons (Fsp3) is 0.611. The molecule has 0 aliphatic carbocycles. The largest absolute Gasteiger partial charge is 0.489 e. The van der Waals surface area contributed by atoms with Crippen molar-refractivity contribution >= 4 is 5.78 Å². The number of benzene rings is 1. The van der Waals surface area contributed by atoms with E-state index in [1.54, 1.807) is 0 Å². The van der Waals surface area contributed by atoms with Crippen molar-refractivity contribution < 1.29 is 14.3 Å². The molecule has 0 N–H and O–H groups in total. The highest BCUT2D eigenvalue weighted by Gasteiger charge is 2.17. The monoisotopic (exact) mass is 290 g/mol. The van der Waals surface area contributed by atoms with Crippen LogP contribution < -0.4 is 9.47 Å². The van der Waals surface area contributed by atoms with E-state index < -0.39 is 0 Å².